The highest BCUT2D eigenvalue weighted by Gasteiger charge is 2.06. The first-order valence-corrected chi connectivity index (χ1v) is 8.32. The van der Waals surface area contributed by atoms with E-state index in [1.54, 1.807) is 11.8 Å². The third kappa shape index (κ3) is 3.10. The quantitative estimate of drug-likeness (QED) is 0.532. The van der Waals surface area contributed by atoms with Gasteiger partial charge in [-0.2, -0.15) is 5.10 Å². The third-order valence-electron chi connectivity index (χ3n) is 3.46. The van der Waals surface area contributed by atoms with Crippen LogP contribution in [0, 0.1) is 0 Å². The van der Waals surface area contributed by atoms with Crippen LogP contribution in [-0.4, -0.2) is 19.6 Å². The molecule has 1 aromatic carbocycles. The predicted molar refractivity (Wildman–Crippen MR) is 92.2 cm³/mol. The first kappa shape index (κ1) is 14.0. The number of benzene rings is 1. The number of fused-ring (bicyclic) bond motifs is 1. The van der Waals surface area contributed by atoms with Crippen molar-refractivity contribution in [3.8, 4) is 11.3 Å². The largest absolute Gasteiger partial charge is 0.260 e. The molecule has 3 heterocycles. The zero-order valence-corrected chi connectivity index (χ0v) is 13.1. The van der Waals surface area contributed by atoms with E-state index in [9.17, 15) is 0 Å². The van der Waals surface area contributed by atoms with Gasteiger partial charge in [0, 0.05) is 17.5 Å². The highest BCUT2D eigenvalue weighted by Crippen LogP contribution is 2.22. The van der Waals surface area contributed by atoms with Gasteiger partial charge in [-0.15, -0.1) is 0 Å². The van der Waals surface area contributed by atoms with Crippen molar-refractivity contribution in [2.24, 2.45) is 0 Å². The molecule has 0 aliphatic carbocycles. The number of nitrogens with zero attached hydrogens (tertiary/aromatic N) is 4. The van der Waals surface area contributed by atoms with Gasteiger partial charge in [0.25, 0.3) is 0 Å². The van der Waals surface area contributed by atoms with Gasteiger partial charge in [0.15, 0.2) is 5.65 Å². The topological polar surface area (TPSA) is 43.1 Å². The van der Waals surface area contributed by atoms with Crippen molar-refractivity contribution in [3.63, 3.8) is 0 Å². The fourth-order valence-corrected chi connectivity index (χ4v) is 3.10. The van der Waals surface area contributed by atoms with Crippen LogP contribution in [0.1, 0.15) is 5.69 Å². The van der Waals surface area contributed by atoms with E-state index in [2.05, 4.69) is 27.2 Å². The summed E-state index contributed by atoms with van der Waals surface area (Å²) < 4.78 is 1.84. The Balaban J connectivity index is 1.58. The second-order valence-electron chi connectivity index (χ2n) is 5.08. The number of thioether (sulfide) groups is 1. The summed E-state index contributed by atoms with van der Waals surface area (Å²) in [6.45, 7) is 0. The van der Waals surface area contributed by atoms with Crippen LogP contribution in [0.3, 0.4) is 0 Å². The van der Waals surface area contributed by atoms with Crippen LogP contribution in [0.2, 0.25) is 0 Å². The van der Waals surface area contributed by atoms with Crippen molar-refractivity contribution in [2.75, 3.05) is 0 Å². The van der Waals surface area contributed by atoms with Crippen LogP contribution in [0.4, 0.5) is 0 Å². The van der Waals surface area contributed by atoms with Crippen LogP contribution in [0.25, 0.3) is 16.9 Å². The van der Waals surface area contributed by atoms with E-state index in [0.717, 1.165) is 33.4 Å². The third-order valence-corrected chi connectivity index (χ3v) is 4.41. The van der Waals surface area contributed by atoms with Crippen molar-refractivity contribution in [1.29, 1.82) is 0 Å². The Morgan fingerprint density at radius 2 is 1.78 bits per heavy atom. The molecule has 0 N–H and O–H groups in total. The molecule has 0 radical (unpaired) electrons. The van der Waals surface area contributed by atoms with E-state index in [0.29, 0.717) is 0 Å². The smallest absolute Gasteiger partial charge is 0.154 e. The molecule has 0 aliphatic heterocycles. The van der Waals surface area contributed by atoms with E-state index in [1.165, 1.54) is 0 Å². The van der Waals surface area contributed by atoms with Crippen molar-refractivity contribution in [1.82, 2.24) is 19.6 Å². The minimum absolute atomic E-state index is 0.805. The molecule has 4 rings (SSSR count). The minimum atomic E-state index is 0.805. The predicted octanol–water partition coefficient (Wildman–Crippen LogP) is 4.08. The van der Waals surface area contributed by atoms with E-state index in [-0.39, 0.29) is 0 Å². The molecule has 3 aromatic heterocycles. The van der Waals surface area contributed by atoms with Gasteiger partial charge in [-0.1, -0.05) is 48.2 Å². The fourth-order valence-electron chi connectivity index (χ4n) is 2.32. The normalized spacial score (nSPS) is 11.0. The summed E-state index contributed by atoms with van der Waals surface area (Å²) in [6.07, 6.45) is 3.78. The molecule has 0 fully saturated rings. The van der Waals surface area contributed by atoms with E-state index in [1.807, 2.05) is 65.4 Å². The second kappa shape index (κ2) is 6.22. The molecule has 0 saturated heterocycles. The zero-order chi connectivity index (χ0) is 15.5. The number of hydrogen-bond acceptors (Lipinski definition) is 4. The summed E-state index contributed by atoms with van der Waals surface area (Å²) in [5.74, 6) is 0.805. The van der Waals surface area contributed by atoms with Crippen molar-refractivity contribution in [2.45, 2.75) is 10.8 Å². The first-order valence-electron chi connectivity index (χ1n) is 7.33. The molecular formula is C18H14N4S. The van der Waals surface area contributed by atoms with E-state index < -0.39 is 0 Å². The summed E-state index contributed by atoms with van der Waals surface area (Å²) in [5, 5.41) is 5.58. The lowest BCUT2D eigenvalue weighted by Gasteiger charge is -2.00. The Bertz CT molecular complexity index is 920. The van der Waals surface area contributed by atoms with E-state index in [4.69, 9.17) is 0 Å². The fraction of sp³-hybridized carbons (Fsp3) is 0.0556. The van der Waals surface area contributed by atoms with Crippen LogP contribution < -0.4 is 0 Å². The Morgan fingerprint density at radius 3 is 2.61 bits per heavy atom. The number of imidazole rings is 1. The van der Waals surface area contributed by atoms with Gasteiger partial charge >= 0.3 is 0 Å². The monoisotopic (exact) mass is 318 g/mol. The van der Waals surface area contributed by atoms with Crippen LogP contribution in [-0.2, 0) is 5.75 Å². The average Bonchev–Trinajstić information content (AvgIpc) is 3.05. The van der Waals surface area contributed by atoms with Crippen LogP contribution in [0.15, 0.2) is 78.1 Å². The maximum absolute atomic E-state index is 4.63. The summed E-state index contributed by atoms with van der Waals surface area (Å²) in [4.78, 5) is 8.95. The van der Waals surface area contributed by atoms with Gasteiger partial charge in [-0.05, 0) is 24.3 Å². The lowest BCUT2D eigenvalue weighted by Crippen LogP contribution is -1.92. The molecule has 112 valence electrons. The van der Waals surface area contributed by atoms with Crippen LogP contribution in [0.5, 0.6) is 0 Å². The summed E-state index contributed by atoms with van der Waals surface area (Å²) in [7, 11) is 0. The molecule has 0 saturated carbocycles. The Morgan fingerprint density at radius 1 is 0.913 bits per heavy atom. The summed E-state index contributed by atoms with van der Waals surface area (Å²) >= 11 is 1.67. The molecule has 0 bridgehead atoms. The molecule has 0 spiro atoms. The zero-order valence-electron chi connectivity index (χ0n) is 12.3. The molecule has 23 heavy (non-hydrogen) atoms. The van der Waals surface area contributed by atoms with Crippen molar-refractivity contribution < 1.29 is 0 Å². The lowest BCUT2D eigenvalue weighted by atomic mass is 10.2. The molecule has 0 aliphatic rings. The van der Waals surface area contributed by atoms with Crippen LogP contribution >= 0.6 is 11.8 Å². The van der Waals surface area contributed by atoms with Gasteiger partial charge in [0.2, 0.25) is 0 Å². The van der Waals surface area contributed by atoms with Gasteiger partial charge in [0.1, 0.15) is 5.03 Å². The van der Waals surface area contributed by atoms with Gasteiger partial charge in [-0.3, -0.25) is 4.98 Å². The number of pyridine rings is 1. The number of hydrogen-bond donors (Lipinski definition) is 0. The maximum Gasteiger partial charge on any atom is 0.154 e. The first-order chi connectivity index (χ1) is 11.4. The molecule has 5 heteroatoms. The Kier molecular flexibility index (Phi) is 3.78. The highest BCUT2D eigenvalue weighted by atomic mass is 32.2. The average molecular weight is 318 g/mol. The molecule has 4 aromatic rings. The number of aromatic nitrogens is 4. The molecule has 0 amide bonds. The summed E-state index contributed by atoms with van der Waals surface area (Å²) in [5.41, 5.74) is 3.94. The Labute approximate surface area is 138 Å². The van der Waals surface area contributed by atoms with Crippen molar-refractivity contribution in [3.05, 3.63) is 78.8 Å². The standard InChI is InChI=1S/C18H14N4S/c1-2-6-14(7-3-1)16-12-22-17(20-16)9-10-18(21-22)23-13-15-8-4-5-11-19-15/h1-12H,13H2. The molecule has 4 nitrogen and oxygen atoms in total. The molecule has 0 atom stereocenters. The van der Waals surface area contributed by atoms with E-state index >= 15 is 0 Å². The van der Waals surface area contributed by atoms with Gasteiger partial charge in [0.05, 0.1) is 17.6 Å². The Hall–Kier alpha value is -2.66. The maximum atomic E-state index is 4.63. The minimum Gasteiger partial charge on any atom is -0.260 e. The number of rotatable bonds is 4. The van der Waals surface area contributed by atoms with Gasteiger partial charge in [-0.25, -0.2) is 9.50 Å². The summed E-state index contributed by atoms with van der Waals surface area (Å²) in [6, 6.07) is 20.1. The lowest BCUT2D eigenvalue weighted by molar-refractivity contribution is 0.858. The molecular weight excluding hydrogens is 304 g/mol. The van der Waals surface area contributed by atoms with Crippen molar-refractivity contribution >= 4 is 17.4 Å². The molecule has 0 unspecified atom stereocenters. The SMILES string of the molecule is c1ccc(-c2cn3nc(SCc4ccccn4)ccc3n2)cc1. The second-order valence-corrected chi connectivity index (χ2v) is 6.07. The van der Waals surface area contributed by atoms with Gasteiger partial charge < -0.3 is 0 Å². The highest BCUT2D eigenvalue weighted by molar-refractivity contribution is 7.98.